The first-order valence-electron chi connectivity index (χ1n) is 10.0. The van der Waals surface area contributed by atoms with Crippen LogP contribution in [0.1, 0.15) is 65.4 Å². The average Bonchev–Trinajstić information content (AvgIpc) is 3.08. The van der Waals surface area contributed by atoms with Crippen LogP contribution in [-0.2, 0) is 25.5 Å². The van der Waals surface area contributed by atoms with Crippen molar-refractivity contribution < 1.29 is 19.1 Å². The van der Waals surface area contributed by atoms with Gasteiger partial charge in [0, 0.05) is 17.6 Å². The van der Waals surface area contributed by atoms with Crippen LogP contribution in [0.2, 0.25) is 0 Å². The van der Waals surface area contributed by atoms with Crippen molar-refractivity contribution in [3.63, 3.8) is 0 Å². The molecule has 28 heavy (non-hydrogen) atoms. The molecule has 154 valence electrons. The molecule has 6 nitrogen and oxygen atoms in total. The summed E-state index contributed by atoms with van der Waals surface area (Å²) >= 11 is 0. The van der Waals surface area contributed by atoms with E-state index in [-0.39, 0.29) is 30.4 Å². The molecular formula is C22H32N2O4. The van der Waals surface area contributed by atoms with E-state index in [9.17, 15) is 14.4 Å². The fourth-order valence-corrected chi connectivity index (χ4v) is 3.58. The summed E-state index contributed by atoms with van der Waals surface area (Å²) < 4.78 is 5.31. The molecule has 0 unspecified atom stereocenters. The molecule has 0 bridgehead atoms. The molecule has 1 aliphatic carbocycles. The Balaban J connectivity index is 1.90. The summed E-state index contributed by atoms with van der Waals surface area (Å²) in [7, 11) is 0. The van der Waals surface area contributed by atoms with Crippen LogP contribution >= 0.6 is 0 Å². The Bertz CT molecular complexity index is 698. The van der Waals surface area contributed by atoms with Crippen LogP contribution in [0, 0.1) is 5.41 Å². The number of rotatable bonds is 7. The van der Waals surface area contributed by atoms with E-state index in [2.05, 4.69) is 17.6 Å². The molecule has 6 heteroatoms. The number of hydrogen-bond acceptors (Lipinski definition) is 4. The zero-order valence-corrected chi connectivity index (χ0v) is 17.4. The zero-order valence-electron chi connectivity index (χ0n) is 17.4. The minimum absolute atomic E-state index is 0.100. The molecule has 0 aliphatic heterocycles. The van der Waals surface area contributed by atoms with E-state index < -0.39 is 11.4 Å². The molecule has 1 aliphatic rings. The Morgan fingerprint density at radius 2 is 1.64 bits per heavy atom. The number of esters is 1. The Hall–Kier alpha value is -2.37. The van der Waals surface area contributed by atoms with E-state index in [4.69, 9.17) is 4.74 Å². The van der Waals surface area contributed by atoms with Gasteiger partial charge in [0.15, 0.2) is 6.61 Å². The molecule has 1 saturated carbocycles. The van der Waals surface area contributed by atoms with Gasteiger partial charge in [-0.05, 0) is 57.7 Å². The summed E-state index contributed by atoms with van der Waals surface area (Å²) in [5.41, 5.74) is 0.673. The Morgan fingerprint density at radius 1 is 1.04 bits per heavy atom. The summed E-state index contributed by atoms with van der Waals surface area (Å²) in [6, 6.07) is 7.55. The summed E-state index contributed by atoms with van der Waals surface area (Å²) in [5.74, 6) is -0.998. The second kappa shape index (κ2) is 9.22. The molecule has 0 atom stereocenters. The number of ether oxygens (including phenoxy) is 1. The summed E-state index contributed by atoms with van der Waals surface area (Å²) in [6.07, 6.45) is 4.02. The number of carbonyl (C=O) groups excluding carboxylic acids is 3. The number of nitrogens with one attached hydrogen (secondary N) is 2. The number of carbonyl (C=O) groups is 3. The van der Waals surface area contributed by atoms with Crippen molar-refractivity contribution in [3.05, 3.63) is 29.8 Å². The number of benzene rings is 1. The van der Waals surface area contributed by atoms with Gasteiger partial charge in [-0.2, -0.15) is 0 Å². The van der Waals surface area contributed by atoms with Gasteiger partial charge in [0.25, 0.3) is 5.91 Å². The number of hydrogen-bond donors (Lipinski definition) is 2. The van der Waals surface area contributed by atoms with Crippen LogP contribution in [0.25, 0.3) is 0 Å². The van der Waals surface area contributed by atoms with Gasteiger partial charge in [-0.15, -0.1) is 0 Å². The van der Waals surface area contributed by atoms with Crippen molar-refractivity contribution in [1.82, 2.24) is 5.32 Å². The molecule has 2 amide bonds. The van der Waals surface area contributed by atoms with Crippen molar-refractivity contribution >= 4 is 23.5 Å². The SMILES string of the molecule is CCc1ccc(NC(=O)COC(=O)C2(CC(=O)NC(C)(C)C)CCCC2)cc1. The number of aryl methyl sites for hydroxylation is 1. The Kier molecular flexibility index (Phi) is 7.22. The summed E-state index contributed by atoms with van der Waals surface area (Å²) in [5, 5.41) is 5.63. The molecule has 1 aromatic rings. The first-order chi connectivity index (χ1) is 13.1. The highest BCUT2D eigenvalue weighted by atomic mass is 16.5. The third-order valence-corrected chi connectivity index (χ3v) is 4.99. The third kappa shape index (κ3) is 6.36. The van der Waals surface area contributed by atoms with Crippen molar-refractivity contribution in [2.24, 2.45) is 5.41 Å². The minimum Gasteiger partial charge on any atom is -0.455 e. The quantitative estimate of drug-likeness (QED) is 0.699. The maximum atomic E-state index is 12.7. The van der Waals surface area contributed by atoms with Gasteiger partial charge in [0.05, 0.1) is 5.41 Å². The zero-order chi connectivity index (χ0) is 20.8. The van der Waals surface area contributed by atoms with Crippen LogP contribution in [0.15, 0.2) is 24.3 Å². The third-order valence-electron chi connectivity index (χ3n) is 4.99. The van der Waals surface area contributed by atoms with Crippen LogP contribution in [0.5, 0.6) is 0 Å². The smallest absolute Gasteiger partial charge is 0.313 e. The van der Waals surface area contributed by atoms with Crippen LogP contribution in [0.4, 0.5) is 5.69 Å². The number of amides is 2. The predicted octanol–water partition coefficient (Wildman–Crippen LogP) is 3.60. The van der Waals surface area contributed by atoms with E-state index in [1.807, 2.05) is 45.0 Å². The lowest BCUT2D eigenvalue weighted by atomic mass is 9.82. The molecule has 0 spiro atoms. The van der Waals surface area contributed by atoms with Gasteiger partial charge in [-0.25, -0.2) is 0 Å². The summed E-state index contributed by atoms with van der Waals surface area (Å²) in [4.78, 5) is 37.2. The van der Waals surface area contributed by atoms with E-state index in [0.717, 1.165) is 19.3 Å². The first-order valence-corrected chi connectivity index (χ1v) is 10.0. The van der Waals surface area contributed by atoms with E-state index >= 15 is 0 Å². The second-order valence-electron chi connectivity index (χ2n) is 8.64. The Morgan fingerprint density at radius 3 is 2.18 bits per heavy atom. The molecular weight excluding hydrogens is 356 g/mol. The molecule has 1 fully saturated rings. The van der Waals surface area contributed by atoms with Crippen LogP contribution in [-0.4, -0.2) is 29.9 Å². The highest BCUT2D eigenvalue weighted by Gasteiger charge is 2.44. The highest BCUT2D eigenvalue weighted by Crippen LogP contribution is 2.42. The van der Waals surface area contributed by atoms with Crippen molar-refractivity contribution in [2.45, 2.75) is 71.8 Å². The normalized spacial score (nSPS) is 15.7. The van der Waals surface area contributed by atoms with Crippen molar-refractivity contribution in [1.29, 1.82) is 0 Å². The lowest BCUT2D eigenvalue weighted by Crippen LogP contribution is -2.44. The molecule has 0 heterocycles. The minimum atomic E-state index is -0.821. The van der Waals surface area contributed by atoms with Crippen molar-refractivity contribution in [3.8, 4) is 0 Å². The molecule has 2 rings (SSSR count). The topological polar surface area (TPSA) is 84.5 Å². The van der Waals surface area contributed by atoms with Gasteiger partial charge < -0.3 is 15.4 Å². The van der Waals surface area contributed by atoms with Crippen molar-refractivity contribution in [2.75, 3.05) is 11.9 Å². The lowest BCUT2D eigenvalue weighted by Gasteiger charge is -2.28. The maximum Gasteiger partial charge on any atom is 0.313 e. The van der Waals surface area contributed by atoms with E-state index in [1.165, 1.54) is 5.56 Å². The first kappa shape index (κ1) is 21.9. The van der Waals surface area contributed by atoms with Gasteiger partial charge in [0.2, 0.25) is 5.91 Å². The lowest BCUT2D eigenvalue weighted by molar-refractivity contribution is -0.160. The highest BCUT2D eigenvalue weighted by molar-refractivity contribution is 5.93. The van der Waals surface area contributed by atoms with Crippen LogP contribution < -0.4 is 10.6 Å². The fraction of sp³-hybridized carbons (Fsp3) is 0.591. The summed E-state index contributed by atoms with van der Waals surface area (Å²) in [6.45, 7) is 7.43. The van der Waals surface area contributed by atoms with E-state index in [0.29, 0.717) is 18.5 Å². The monoisotopic (exact) mass is 388 g/mol. The molecule has 1 aromatic carbocycles. The largest absolute Gasteiger partial charge is 0.455 e. The predicted molar refractivity (Wildman–Crippen MR) is 109 cm³/mol. The average molecular weight is 389 g/mol. The van der Waals surface area contributed by atoms with Gasteiger partial charge in [-0.1, -0.05) is 31.9 Å². The fourth-order valence-electron chi connectivity index (χ4n) is 3.58. The molecule has 0 saturated heterocycles. The van der Waals surface area contributed by atoms with Gasteiger partial charge >= 0.3 is 5.97 Å². The van der Waals surface area contributed by atoms with Crippen LogP contribution in [0.3, 0.4) is 0 Å². The Labute approximate surface area is 167 Å². The van der Waals surface area contributed by atoms with Gasteiger partial charge in [-0.3, -0.25) is 14.4 Å². The molecule has 0 aromatic heterocycles. The molecule has 2 N–H and O–H groups in total. The van der Waals surface area contributed by atoms with Gasteiger partial charge in [0.1, 0.15) is 0 Å². The maximum absolute atomic E-state index is 12.7. The standard InChI is InChI=1S/C22H32N2O4/c1-5-16-8-10-17(11-9-16)23-19(26)15-28-20(27)22(12-6-7-13-22)14-18(25)24-21(2,3)4/h8-11H,5-7,12-15H2,1-4H3,(H,23,26)(H,24,25). The second-order valence-corrected chi connectivity index (χ2v) is 8.64. The number of anilines is 1. The van der Waals surface area contributed by atoms with E-state index in [1.54, 1.807) is 0 Å². The molecule has 0 radical (unpaired) electrons.